The normalized spacial score (nSPS) is 19.9. The molecule has 0 radical (unpaired) electrons. The quantitative estimate of drug-likeness (QED) is 0.0315. The molecule has 276 valence electrons. The van der Waals surface area contributed by atoms with E-state index in [4.69, 9.17) is 44.6 Å². The van der Waals surface area contributed by atoms with Crippen molar-refractivity contribution in [2.75, 3.05) is 72.5 Å². The lowest BCUT2D eigenvalue weighted by atomic mass is 9.88. The number of hydrogen-bond donors (Lipinski definition) is 0. The summed E-state index contributed by atoms with van der Waals surface area (Å²) in [4.78, 5) is 0. The highest BCUT2D eigenvalue weighted by Gasteiger charge is 2.45. The van der Waals surface area contributed by atoms with Gasteiger partial charge in [0.2, 0.25) is 0 Å². The third-order valence-electron chi connectivity index (χ3n) is 7.64. The molecular weight excluding hydrogens is 721 g/mol. The molecule has 0 bridgehead atoms. The van der Waals surface area contributed by atoms with Crippen molar-refractivity contribution < 1.29 is 44.6 Å². The molecule has 0 aromatic rings. The molecule has 46 heavy (non-hydrogen) atoms. The van der Waals surface area contributed by atoms with Gasteiger partial charge in [0.25, 0.3) is 0 Å². The average molecular weight is 785 g/mol. The second-order valence-corrected chi connectivity index (χ2v) is 25.5. The molecule has 1 saturated heterocycles. The summed E-state index contributed by atoms with van der Waals surface area (Å²) < 4.78 is 57.2. The Morgan fingerprint density at radius 1 is 0.543 bits per heavy atom. The van der Waals surface area contributed by atoms with Crippen LogP contribution in [0.2, 0.25) is 18.1 Å². The summed E-state index contributed by atoms with van der Waals surface area (Å²) in [5, 5.41) is 0. The lowest BCUT2D eigenvalue weighted by molar-refractivity contribution is 0.0704. The predicted molar refractivity (Wildman–Crippen MR) is 202 cm³/mol. The van der Waals surface area contributed by atoms with Crippen LogP contribution in [-0.2, 0) is 44.6 Å². The van der Waals surface area contributed by atoms with Gasteiger partial charge < -0.3 is 44.6 Å². The van der Waals surface area contributed by atoms with Gasteiger partial charge in [-0.3, -0.25) is 0 Å². The molecule has 0 amide bonds. The van der Waals surface area contributed by atoms with Crippen LogP contribution in [0.15, 0.2) is 0 Å². The van der Waals surface area contributed by atoms with Crippen LogP contribution in [0.4, 0.5) is 0 Å². The molecule has 2 rings (SSSR count). The van der Waals surface area contributed by atoms with Crippen molar-refractivity contribution in [3.05, 3.63) is 0 Å². The van der Waals surface area contributed by atoms with Gasteiger partial charge in [0, 0.05) is 90.6 Å². The molecule has 0 aromatic carbocycles. The largest absolute Gasteiger partial charge is 0.500 e. The molecule has 3 unspecified atom stereocenters. The van der Waals surface area contributed by atoms with Gasteiger partial charge in [0.05, 0.1) is 12.2 Å². The summed E-state index contributed by atoms with van der Waals surface area (Å²) in [6.07, 6.45) is 8.09. The van der Waals surface area contributed by atoms with Crippen molar-refractivity contribution in [1.82, 2.24) is 0 Å². The standard InChI is InChI=1S/C18H42O6S4Si2.C11H22O4Si/c1-7-19-29(20-8-2,21-9-3)17-13-15-25-27-28-26-16-14-18-30(22-10-4,23-11-5)24-12-6;1-12-16(13-2,14-3)7-6-9-4-5-10-11(8-9)15-10/h7-18H2,1-6H3;9-11H,4-8H2,1-3H3. The highest BCUT2D eigenvalue weighted by Crippen LogP contribution is 2.44. The van der Waals surface area contributed by atoms with Gasteiger partial charge in [-0.25, -0.2) is 0 Å². The molecule has 0 spiro atoms. The minimum atomic E-state index is -2.49. The van der Waals surface area contributed by atoms with Gasteiger partial charge in [0.1, 0.15) is 0 Å². The van der Waals surface area contributed by atoms with Crippen LogP contribution in [0.1, 0.15) is 80.1 Å². The lowest BCUT2D eigenvalue weighted by Gasteiger charge is -2.28. The van der Waals surface area contributed by atoms with Gasteiger partial charge >= 0.3 is 26.4 Å². The highest BCUT2D eigenvalue weighted by atomic mass is 33.7. The molecule has 3 atom stereocenters. The van der Waals surface area contributed by atoms with Crippen molar-refractivity contribution >= 4 is 67.7 Å². The van der Waals surface area contributed by atoms with Crippen LogP contribution < -0.4 is 0 Å². The second-order valence-electron chi connectivity index (χ2n) is 10.7. The Hall–Kier alpha value is 1.65. The minimum absolute atomic E-state index is 0.558. The first-order chi connectivity index (χ1) is 22.3. The Bertz CT molecular complexity index is 660. The number of ether oxygens (including phenoxy) is 1. The van der Waals surface area contributed by atoms with Gasteiger partial charge in [-0.1, -0.05) is 21.6 Å². The van der Waals surface area contributed by atoms with E-state index in [0.717, 1.165) is 54.8 Å². The Morgan fingerprint density at radius 3 is 1.30 bits per heavy atom. The first-order valence-electron chi connectivity index (χ1n) is 17.0. The molecule has 0 N–H and O–H groups in total. The zero-order valence-electron chi connectivity index (χ0n) is 30.0. The molecule has 17 heteroatoms. The topological polar surface area (TPSA) is 95.6 Å². The third kappa shape index (κ3) is 18.2. The van der Waals surface area contributed by atoms with E-state index in [2.05, 4.69) is 0 Å². The van der Waals surface area contributed by atoms with Crippen molar-refractivity contribution in [2.24, 2.45) is 5.92 Å². The van der Waals surface area contributed by atoms with Crippen molar-refractivity contribution in [3.8, 4) is 0 Å². The van der Waals surface area contributed by atoms with Crippen LogP contribution in [-0.4, -0.2) is 111 Å². The summed E-state index contributed by atoms with van der Waals surface area (Å²) >= 11 is 0. The predicted octanol–water partition coefficient (Wildman–Crippen LogP) is 8.36. The van der Waals surface area contributed by atoms with Crippen molar-refractivity contribution in [1.29, 1.82) is 0 Å². The van der Waals surface area contributed by atoms with Gasteiger partial charge in [-0.05, 0) is 106 Å². The van der Waals surface area contributed by atoms with E-state index in [1.165, 1.54) is 19.3 Å². The maximum Gasteiger partial charge on any atom is 0.500 e. The molecule has 1 saturated carbocycles. The fourth-order valence-corrected chi connectivity index (χ4v) is 19.2. The smallest absolute Gasteiger partial charge is 0.377 e. The maximum absolute atomic E-state index is 5.90. The monoisotopic (exact) mass is 784 g/mol. The Balaban J connectivity index is 0.000000547. The van der Waals surface area contributed by atoms with Gasteiger partial charge in [-0.2, -0.15) is 0 Å². The Labute approximate surface area is 299 Å². The third-order valence-corrected chi connectivity index (χ3v) is 23.3. The molecule has 1 aliphatic carbocycles. The average Bonchev–Trinajstić information content (AvgIpc) is 3.83. The molecular formula is C29H64O10S4Si3. The van der Waals surface area contributed by atoms with Crippen LogP contribution >= 0.6 is 41.2 Å². The van der Waals surface area contributed by atoms with Crippen LogP contribution in [0, 0.1) is 5.92 Å². The van der Waals surface area contributed by atoms with E-state index in [-0.39, 0.29) is 0 Å². The van der Waals surface area contributed by atoms with E-state index in [9.17, 15) is 0 Å². The molecule has 0 aromatic heterocycles. The molecule has 1 heterocycles. The summed E-state index contributed by atoms with van der Waals surface area (Å²) in [7, 11) is 5.17. The molecule has 1 aliphatic heterocycles. The summed E-state index contributed by atoms with van der Waals surface area (Å²) in [5.74, 6) is 2.89. The first-order valence-corrected chi connectivity index (χ1v) is 28.0. The summed E-state index contributed by atoms with van der Waals surface area (Å²) in [6, 6.07) is 2.68. The zero-order valence-corrected chi connectivity index (χ0v) is 36.2. The van der Waals surface area contributed by atoms with E-state index in [0.29, 0.717) is 51.8 Å². The van der Waals surface area contributed by atoms with Gasteiger partial charge in [-0.15, -0.1) is 0 Å². The molecule has 2 aliphatic rings. The van der Waals surface area contributed by atoms with E-state index in [1.54, 1.807) is 21.3 Å². The van der Waals surface area contributed by atoms with Crippen LogP contribution in [0.25, 0.3) is 0 Å². The van der Waals surface area contributed by atoms with Crippen molar-refractivity contribution in [2.45, 2.75) is 110 Å². The van der Waals surface area contributed by atoms with E-state index >= 15 is 0 Å². The molecule has 10 nitrogen and oxygen atoms in total. The SMILES string of the molecule is CCO[Si](CCCSSSSCCC[Si](OCC)(OCC)OCC)(OCC)OCC.CO[Si](CCC1CCC2OC2C1)(OC)OC. The zero-order chi connectivity index (χ0) is 34.2. The fraction of sp³-hybridized carbons (Fsp3) is 1.00. The number of epoxide rings is 1. The summed E-state index contributed by atoms with van der Waals surface area (Å²) in [6.45, 7) is 15.8. The second kappa shape index (κ2) is 27.3. The van der Waals surface area contributed by atoms with E-state index in [1.807, 2.05) is 82.8 Å². The first kappa shape index (κ1) is 45.7. The van der Waals surface area contributed by atoms with Crippen LogP contribution in [0.3, 0.4) is 0 Å². The highest BCUT2D eigenvalue weighted by molar-refractivity contribution is 9.26. The Kier molecular flexibility index (Phi) is 27.1. The minimum Gasteiger partial charge on any atom is -0.377 e. The molecule has 2 fully saturated rings. The van der Waals surface area contributed by atoms with Crippen LogP contribution in [0.5, 0.6) is 0 Å². The Morgan fingerprint density at radius 2 is 0.957 bits per heavy atom. The fourth-order valence-electron chi connectivity index (χ4n) is 5.49. The number of hydrogen-bond acceptors (Lipinski definition) is 14. The number of fused-ring (bicyclic) bond motifs is 1. The lowest BCUT2D eigenvalue weighted by Crippen LogP contribution is -2.46. The van der Waals surface area contributed by atoms with Gasteiger partial charge in [0.15, 0.2) is 0 Å². The van der Waals surface area contributed by atoms with Crippen molar-refractivity contribution in [3.63, 3.8) is 0 Å². The van der Waals surface area contributed by atoms with E-state index < -0.39 is 26.4 Å². The summed E-state index contributed by atoms with van der Waals surface area (Å²) in [5.41, 5.74) is 0. The maximum atomic E-state index is 5.90. The number of rotatable bonds is 29.